The second-order valence-electron chi connectivity index (χ2n) is 7.63. The van der Waals surface area contributed by atoms with Crippen LogP contribution in [0, 0.1) is 20.8 Å². The van der Waals surface area contributed by atoms with E-state index < -0.39 is 0 Å². The van der Waals surface area contributed by atoms with Crippen molar-refractivity contribution in [2.45, 2.75) is 92.0 Å². The smallest absolute Gasteiger partial charge is 0.248 e. The first-order valence-electron chi connectivity index (χ1n) is 10.3. The molecule has 2 aromatic rings. The van der Waals surface area contributed by atoms with E-state index in [4.69, 9.17) is 0 Å². The Balaban J connectivity index is 0.00000338. The summed E-state index contributed by atoms with van der Waals surface area (Å²) in [7, 11) is 0. The average molecular weight is 421 g/mol. The van der Waals surface area contributed by atoms with Crippen LogP contribution in [0.25, 0.3) is 5.69 Å². The molecule has 0 radical (unpaired) electrons. The number of aromatic nitrogens is 2. The maximum Gasteiger partial charge on any atom is 0.248 e. The molecule has 1 aromatic carbocycles. The van der Waals surface area contributed by atoms with E-state index in [0.29, 0.717) is 0 Å². The third-order valence-electron chi connectivity index (χ3n) is 5.10. The summed E-state index contributed by atoms with van der Waals surface area (Å²) < 4.78 is 4.61. The van der Waals surface area contributed by atoms with Gasteiger partial charge in [0.2, 0.25) is 6.33 Å². The molecule has 2 rings (SSSR count). The summed E-state index contributed by atoms with van der Waals surface area (Å²) in [5, 5.41) is 0. The molecular weight excluding hydrogens is 384 g/mol. The summed E-state index contributed by atoms with van der Waals surface area (Å²) in [5.74, 6) is 0. The fourth-order valence-corrected chi connectivity index (χ4v) is 3.84. The van der Waals surface area contributed by atoms with Crippen molar-refractivity contribution in [3.63, 3.8) is 0 Å². The van der Waals surface area contributed by atoms with Crippen molar-refractivity contribution in [3.8, 4) is 5.69 Å². The lowest BCUT2D eigenvalue weighted by Gasteiger charge is -2.07. The second-order valence-corrected chi connectivity index (χ2v) is 7.63. The highest BCUT2D eigenvalue weighted by atomic mass is 79.9. The molecule has 0 aliphatic rings. The summed E-state index contributed by atoms with van der Waals surface area (Å²) in [6.45, 7) is 10.0. The first-order chi connectivity index (χ1) is 12.1. The molecule has 0 spiro atoms. The molecule has 0 saturated heterocycles. The SMILES string of the molecule is CCCCCCCCCCC[n+]1ccn(-c2c(C)cc(C)cc2C)c1.[Br-]. The molecular formula is C23H37BrN2. The number of halogens is 1. The van der Waals surface area contributed by atoms with Gasteiger partial charge in [0.05, 0.1) is 6.54 Å². The van der Waals surface area contributed by atoms with Gasteiger partial charge in [0.1, 0.15) is 18.1 Å². The highest BCUT2D eigenvalue weighted by Gasteiger charge is 2.12. The van der Waals surface area contributed by atoms with Crippen LogP contribution < -0.4 is 21.5 Å². The van der Waals surface area contributed by atoms with E-state index >= 15 is 0 Å². The van der Waals surface area contributed by atoms with Crippen molar-refractivity contribution >= 4 is 0 Å². The summed E-state index contributed by atoms with van der Waals surface area (Å²) in [4.78, 5) is 0. The first-order valence-corrected chi connectivity index (χ1v) is 10.3. The van der Waals surface area contributed by atoms with Crippen molar-refractivity contribution in [2.75, 3.05) is 0 Å². The Kier molecular flexibility index (Phi) is 10.9. The maximum absolute atomic E-state index is 2.33. The molecule has 0 fully saturated rings. The minimum absolute atomic E-state index is 0. The van der Waals surface area contributed by atoms with Gasteiger partial charge < -0.3 is 17.0 Å². The lowest BCUT2D eigenvalue weighted by Crippen LogP contribution is -3.00. The normalized spacial score (nSPS) is 10.8. The lowest BCUT2D eigenvalue weighted by atomic mass is 10.1. The maximum atomic E-state index is 2.33. The van der Waals surface area contributed by atoms with Crippen LogP contribution in [0.15, 0.2) is 30.9 Å². The van der Waals surface area contributed by atoms with Crippen LogP contribution in [-0.2, 0) is 6.54 Å². The van der Waals surface area contributed by atoms with Crippen molar-refractivity contribution < 1.29 is 21.5 Å². The average Bonchev–Trinajstić information content (AvgIpc) is 3.01. The van der Waals surface area contributed by atoms with Gasteiger partial charge in [-0.2, -0.15) is 0 Å². The first kappa shape index (κ1) is 23.0. The number of nitrogens with zero attached hydrogens (tertiary/aromatic N) is 2. The Morgan fingerprint density at radius 3 is 1.92 bits per heavy atom. The molecule has 1 heterocycles. The van der Waals surface area contributed by atoms with E-state index in [1.165, 1.54) is 80.2 Å². The summed E-state index contributed by atoms with van der Waals surface area (Å²) in [6.07, 6.45) is 19.1. The van der Waals surface area contributed by atoms with Gasteiger partial charge >= 0.3 is 0 Å². The number of hydrogen-bond donors (Lipinski definition) is 0. The number of aryl methyl sites for hydroxylation is 4. The minimum atomic E-state index is 0. The van der Waals surface area contributed by atoms with E-state index in [0.717, 1.165) is 6.54 Å². The third kappa shape index (κ3) is 7.26. The highest BCUT2D eigenvalue weighted by molar-refractivity contribution is 5.48. The molecule has 0 aliphatic carbocycles. The zero-order chi connectivity index (χ0) is 18.1. The van der Waals surface area contributed by atoms with E-state index in [9.17, 15) is 0 Å². The van der Waals surface area contributed by atoms with Gasteiger partial charge in [0.15, 0.2) is 0 Å². The van der Waals surface area contributed by atoms with E-state index in [2.05, 4.69) is 67.7 Å². The van der Waals surface area contributed by atoms with E-state index in [-0.39, 0.29) is 17.0 Å². The van der Waals surface area contributed by atoms with Gasteiger partial charge in [-0.15, -0.1) is 0 Å². The molecule has 3 heteroatoms. The van der Waals surface area contributed by atoms with Crippen LogP contribution in [0.1, 0.15) is 81.4 Å². The van der Waals surface area contributed by atoms with Crippen molar-refractivity contribution in [1.82, 2.24) is 4.57 Å². The topological polar surface area (TPSA) is 8.81 Å². The van der Waals surface area contributed by atoms with Crippen LogP contribution in [0.4, 0.5) is 0 Å². The summed E-state index contributed by atoms with van der Waals surface area (Å²) in [6, 6.07) is 4.54. The van der Waals surface area contributed by atoms with E-state index in [1.54, 1.807) is 0 Å². The van der Waals surface area contributed by atoms with Gasteiger partial charge in [0, 0.05) is 0 Å². The molecule has 146 valence electrons. The van der Waals surface area contributed by atoms with Gasteiger partial charge in [0.25, 0.3) is 0 Å². The minimum Gasteiger partial charge on any atom is -1.00 e. The van der Waals surface area contributed by atoms with Gasteiger partial charge in [-0.05, 0) is 44.7 Å². The van der Waals surface area contributed by atoms with Gasteiger partial charge in [-0.3, -0.25) is 0 Å². The lowest BCUT2D eigenvalue weighted by molar-refractivity contribution is -0.696. The Morgan fingerprint density at radius 2 is 1.35 bits per heavy atom. The molecule has 0 saturated carbocycles. The Bertz CT molecular complexity index is 622. The molecule has 0 unspecified atom stereocenters. The van der Waals surface area contributed by atoms with E-state index in [1.807, 2.05) is 0 Å². The molecule has 2 nitrogen and oxygen atoms in total. The number of benzene rings is 1. The molecule has 1 aromatic heterocycles. The zero-order valence-electron chi connectivity index (χ0n) is 17.2. The predicted octanol–water partition coefficient (Wildman–Crippen LogP) is 3.22. The predicted molar refractivity (Wildman–Crippen MR) is 107 cm³/mol. The Hall–Kier alpha value is -1.09. The van der Waals surface area contributed by atoms with Crippen molar-refractivity contribution in [3.05, 3.63) is 47.5 Å². The van der Waals surface area contributed by atoms with Crippen molar-refractivity contribution in [2.24, 2.45) is 0 Å². The van der Waals surface area contributed by atoms with Crippen LogP contribution in [0.5, 0.6) is 0 Å². The quantitative estimate of drug-likeness (QED) is 0.389. The largest absolute Gasteiger partial charge is 1.00 e. The fourth-order valence-electron chi connectivity index (χ4n) is 3.84. The van der Waals surface area contributed by atoms with Gasteiger partial charge in [-0.1, -0.05) is 69.6 Å². The highest BCUT2D eigenvalue weighted by Crippen LogP contribution is 2.20. The molecule has 26 heavy (non-hydrogen) atoms. The third-order valence-corrected chi connectivity index (χ3v) is 5.10. The van der Waals surface area contributed by atoms with Crippen LogP contribution in [0.2, 0.25) is 0 Å². The number of imidazole rings is 1. The molecule has 0 atom stereocenters. The number of hydrogen-bond acceptors (Lipinski definition) is 0. The summed E-state index contributed by atoms with van der Waals surface area (Å²) >= 11 is 0. The van der Waals surface area contributed by atoms with Gasteiger partial charge in [-0.25, -0.2) is 9.13 Å². The standard InChI is InChI=1S/C23H37N2.BrH/c1-5-6-7-8-9-10-11-12-13-14-24-15-16-25(19-24)23-21(3)17-20(2)18-22(23)4;/h15-19H,5-14H2,1-4H3;1H/q+1;/p-1. The monoisotopic (exact) mass is 420 g/mol. The zero-order valence-corrected chi connectivity index (χ0v) is 18.8. The van der Waals surface area contributed by atoms with Crippen LogP contribution in [0.3, 0.4) is 0 Å². The summed E-state index contributed by atoms with van der Waals surface area (Å²) in [5.41, 5.74) is 5.37. The number of rotatable bonds is 11. The Morgan fingerprint density at radius 1 is 0.808 bits per heavy atom. The molecule has 0 N–H and O–H groups in total. The van der Waals surface area contributed by atoms with Crippen LogP contribution in [-0.4, -0.2) is 4.57 Å². The van der Waals surface area contributed by atoms with Crippen LogP contribution >= 0.6 is 0 Å². The Labute approximate surface area is 171 Å². The number of unbranched alkanes of at least 4 members (excludes halogenated alkanes) is 8. The molecule has 0 bridgehead atoms. The second kappa shape index (κ2) is 12.3. The fraction of sp³-hybridized carbons (Fsp3) is 0.609. The molecule has 0 aliphatic heterocycles. The molecule has 0 amide bonds. The van der Waals surface area contributed by atoms with Crippen molar-refractivity contribution in [1.29, 1.82) is 0 Å².